The first-order valence-electron chi connectivity index (χ1n) is 5.46. The highest BCUT2D eigenvalue weighted by atomic mass is 16.7. The van der Waals surface area contributed by atoms with Crippen LogP contribution in [0.2, 0.25) is 0 Å². The lowest BCUT2D eigenvalue weighted by Gasteiger charge is -2.15. The minimum Gasteiger partial charge on any atom is -0.465 e. The molecule has 0 radical (unpaired) electrons. The maximum atomic E-state index is 11.7. The normalized spacial score (nSPS) is 42.9. The summed E-state index contributed by atoms with van der Waals surface area (Å²) in [5, 5.41) is 2.00. The third-order valence-electron chi connectivity index (χ3n) is 3.48. The zero-order valence-electron chi connectivity index (χ0n) is 8.15. The van der Waals surface area contributed by atoms with E-state index in [4.69, 9.17) is 9.57 Å². The van der Waals surface area contributed by atoms with Crippen molar-refractivity contribution in [2.45, 2.75) is 37.8 Å². The number of carbonyl (C=O) groups is 1. The summed E-state index contributed by atoms with van der Waals surface area (Å²) < 4.78 is 5.18. The van der Waals surface area contributed by atoms with Gasteiger partial charge < -0.3 is 4.74 Å². The number of hydroxylamine groups is 2. The van der Waals surface area contributed by atoms with Crippen molar-refractivity contribution in [2.24, 2.45) is 5.92 Å². The van der Waals surface area contributed by atoms with Crippen molar-refractivity contribution in [1.82, 2.24) is 5.06 Å². The number of hydrogen-bond donors (Lipinski definition) is 0. The van der Waals surface area contributed by atoms with Gasteiger partial charge in [0.2, 0.25) is 0 Å². The molecule has 0 aromatic rings. The molecule has 0 unspecified atom stereocenters. The summed E-state index contributed by atoms with van der Waals surface area (Å²) >= 11 is 0. The summed E-state index contributed by atoms with van der Waals surface area (Å²) in [6.45, 7) is 1.55. The fourth-order valence-electron chi connectivity index (χ4n) is 2.84. The predicted molar refractivity (Wildman–Crippen MR) is 48.3 cm³/mol. The van der Waals surface area contributed by atoms with Gasteiger partial charge in [0.25, 0.3) is 0 Å². The van der Waals surface area contributed by atoms with Gasteiger partial charge in [-0.3, -0.25) is 9.63 Å². The van der Waals surface area contributed by atoms with Crippen molar-refractivity contribution >= 4 is 5.97 Å². The van der Waals surface area contributed by atoms with Crippen LogP contribution in [0, 0.1) is 5.92 Å². The summed E-state index contributed by atoms with van der Waals surface area (Å²) in [5.74, 6) is -0.0538. The molecular weight excluding hydrogens is 182 g/mol. The largest absolute Gasteiger partial charge is 0.465 e. The molecular formula is C10H15NO3. The molecule has 3 saturated heterocycles. The first kappa shape index (κ1) is 8.68. The Kier molecular flexibility index (Phi) is 1.99. The van der Waals surface area contributed by atoms with E-state index in [0.29, 0.717) is 12.6 Å². The van der Waals surface area contributed by atoms with E-state index in [1.807, 2.05) is 5.06 Å². The van der Waals surface area contributed by atoms with E-state index < -0.39 is 0 Å². The minimum atomic E-state index is -0.0399. The van der Waals surface area contributed by atoms with Gasteiger partial charge in [-0.25, -0.2) is 0 Å². The molecule has 0 aromatic carbocycles. The number of esters is 1. The van der Waals surface area contributed by atoms with Gasteiger partial charge in [0, 0.05) is 6.54 Å². The number of cyclic esters (lactones) is 1. The summed E-state index contributed by atoms with van der Waals surface area (Å²) in [7, 11) is 0. The molecule has 0 amide bonds. The Morgan fingerprint density at radius 3 is 3.14 bits per heavy atom. The third kappa shape index (κ3) is 1.17. The van der Waals surface area contributed by atoms with E-state index in [1.165, 1.54) is 0 Å². The summed E-state index contributed by atoms with van der Waals surface area (Å²) in [6.07, 6.45) is 4.21. The Morgan fingerprint density at radius 1 is 1.29 bits per heavy atom. The molecule has 0 aliphatic carbocycles. The van der Waals surface area contributed by atoms with Gasteiger partial charge in [0.15, 0.2) is 0 Å². The lowest BCUT2D eigenvalue weighted by molar-refractivity contribution is -0.152. The highest BCUT2D eigenvalue weighted by Gasteiger charge is 2.50. The number of fused-ring (bicyclic) bond motifs is 3. The Balaban J connectivity index is 1.85. The van der Waals surface area contributed by atoms with Crippen molar-refractivity contribution in [2.75, 3.05) is 13.2 Å². The number of hydrogen-bond acceptors (Lipinski definition) is 4. The molecule has 0 spiro atoms. The molecule has 3 aliphatic heterocycles. The Hall–Kier alpha value is -0.610. The van der Waals surface area contributed by atoms with Crippen molar-refractivity contribution in [3.05, 3.63) is 0 Å². The van der Waals surface area contributed by atoms with Gasteiger partial charge in [0.1, 0.15) is 5.92 Å². The average molecular weight is 197 g/mol. The molecule has 14 heavy (non-hydrogen) atoms. The van der Waals surface area contributed by atoms with E-state index in [-0.39, 0.29) is 18.0 Å². The molecule has 3 aliphatic rings. The van der Waals surface area contributed by atoms with E-state index in [0.717, 1.165) is 32.2 Å². The molecule has 3 atom stereocenters. The van der Waals surface area contributed by atoms with Crippen LogP contribution in [-0.2, 0) is 14.4 Å². The molecule has 0 N–H and O–H groups in total. The third-order valence-corrected chi connectivity index (χ3v) is 3.48. The van der Waals surface area contributed by atoms with Gasteiger partial charge in [-0.2, -0.15) is 5.06 Å². The molecule has 0 saturated carbocycles. The average Bonchev–Trinajstić information content (AvgIpc) is 2.66. The maximum Gasteiger partial charge on any atom is 0.313 e. The van der Waals surface area contributed by atoms with Crippen LogP contribution in [0.3, 0.4) is 0 Å². The number of carbonyl (C=O) groups excluding carboxylic acids is 1. The number of ether oxygens (including phenoxy) is 1. The Morgan fingerprint density at radius 2 is 2.21 bits per heavy atom. The van der Waals surface area contributed by atoms with E-state index in [2.05, 4.69) is 0 Å². The van der Waals surface area contributed by atoms with Crippen molar-refractivity contribution < 1.29 is 14.4 Å². The van der Waals surface area contributed by atoms with Crippen LogP contribution in [-0.4, -0.2) is 36.3 Å². The van der Waals surface area contributed by atoms with Crippen LogP contribution in [0.25, 0.3) is 0 Å². The molecule has 4 nitrogen and oxygen atoms in total. The molecule has 4 heteroatoms. The van der Waals surface area contributed by atoms with Gasteiger partial charge in [-0.15, -0.1) is 0 Å². The zero-order valence-corrected chi connectivity index (χ0v) is 8.15. The number of nitrogens with zero attached hydrogens (tertiary/aromatic N) is 1. The summed E-state index contributed by atoms with van der Waals surface area (Å²) in [6, 6.07) is 0.297. The molecule has 0 bridgehead atoms. The zero-order chi connectivity index (χ0) is 9.54. The van der Waals surface area contributed by atoms with E-state index >= 15 is 0 Å². The molecule has 0 aromatic heterocycles. The SMILES string of the molecule is O=C1OCCC[C@H]2ON3CCC[C@@H]3[C@@H]12. The standard InChI is InChI=1S/C10H15NO3/c12-10-9-7-3-1-5-11(7)14-8(9)4-2-6-13-10/h7-9H,1-6H2/t7-,8-,9-/m1/s1. The highest BCUT2D eigenvalue weighted by Crippen LogP contribution is 2.38. The van der Waals surface area contributed by atoms with Gasteiger partial charge in [0.05, 0.1) is 18.8 Å². The fraction of sp³-hybridized carbons (Fsp3) is 0.900. The number of rotatable bonds is 0. The van der Waals surface area contributed by atoms with Crippen LogP contribution in [0.4, 0.5) is 0 Å². The summed E-state index contributed by atoms with van der Waals surface area (Å²) in [4.78, 5) is 17.5. The second-order valence-electron chi connectivity index (χ2n) is 4.33. The molecule has 3 rings (SSSR count). The monoisotopic (exact) mass is 197 g/mol. The second-order valence-corrected chi connectivity index (χ2v) is 4.33. The lowest BCUT2D eigenvalue weighted by atomic mass is 9.92. The second kappa shape index (κ2) is 3.21. The molecule has 3 fully saturated rings. The minimum absolute atomic E-state index is 0.0139. The fourth-order valence-corrected chi connectivity index (χ4v) is 2.84. The molecule has 3 heterocycles. The van der Waals surface area contributed by atoms with Crippen LogP contribution in [0.15, 0.2) is 0 Å². The van der Waals surface area contributed by atoms with E-state index in [1.54, 1.807) is 0 Å². The summed E-state index contributed by atoms with van der Waals surface area (Å²) in [5.41, 5.74) is 0. The van der Waals surface area contributed by atoms with Gasteiger partial charge in [-0.05, 0) is 25.7 Å². The van der Waals surface area contributed by atoms with E-state index in [9.17, 15) is 4.79 Å². The Bertz CT molecular complexity index is 256. The quantitative estimate of drug-likeness (QED) is 0.536. The van der Waals surface area contributed by atoms with Crippen LogP contribution in [0.5, 0.6) is 0 Å². The van der Waals surface area contributed by atoms with Crippen molar-refractivity contribution in [3.8, 4) is 0 Å². The first-order chi connectivity index (χ1) is 6.86. The van der Waals surface area contributed by atoms with Crippen molar-refractivity contribution in [3.63, 3.8) is 0 Å². The lowest BCUT2D eigenvalue weighted by Crippen LogP contribution is -2.32. The van der Waals surface area contributed by atoms with Crippen molar-refractivity contribution in [1.29, 1.82) is 0 Å². The van der Waals surface area contributed by atoms with Gasteiger partial charge in [-0.1, -0.05) is 0 Å². The van der Waals surface area contributed by atoms with Crippen LogP contribution < -0.4 is 0 Å². The van der Waals surface area contributed by atoms with Crippen LogP contribution in [0.1, 0.15) is 25.7 Å². The van der Waals surface area contributed by atoms with Crippen LogP contribution >= 0.6 is 0 Å². The maximum absolute atomic E-state index is 11.7. The first-order valence-corrected chi connectivity index (χ1v) is 5.46. The smallest absolute Gasteiger partial charge is 0.313 e. The highest BCUT2D eigenvalue weighted by molar-refractivity contribution is 5.74. The predicted octanol–water partition coefficient (Wildman–Crippen LogP) is 0.718. The topological polar surface area (TPSA) is 38.8 Å². The Labute approximate surface area is 83.1 Å². The molecule has 78 valence electrons. The van der Waals surface area contributed by atoms with Gasteiger partial charge >= 0.3 is 5.97 Å².